The van der Waals surface area contributed by atoms with E-state index in [1.165, 1.54) is 0 Å². The van der Waals surface area contributed by atoms with Gasteiger partial charge >= 0.3 is 0 Å². The highest BCUT2D eigenvalue weighted by Gasteiger charge is 2.16. The van der Waals surface area contributed by atoms with Crippen molar-refractivity contribution in [3.63, 3.8) is 0 Å². The first kappa shape index (κ1) is 19.4. The van der Waals surface area contributed by atoms with E-state index >= 15 is 0 Å². The Morgan fingerprint density at radius 3 is 1.71 bits per heavy atom. The van der Waals surface area contributed by atoms with Crippen LogP contribution < -0.4 is 4.74 Å². The van der Waals surface area contributed by atoms with Gasteiger partial charge in [0, 0.05) is 0 Å². The van der Waals surface area contributed by atoms with Crippen molar-refractivity contribution in [3.8, 4) is 34.7 Å². The maximum absolute atomic E-state index is 9.27. The molecule has 0 saturated carbocycles. The van der Waals surface area contributed by atoms with E-state index in [0.29, 0.717) is 5.75 Å². The molecule has 0 aliphatic heterocycles. The third kappa shape index (κ3) is 7.11. The smallest absolute Gasteiger partial charge is 0.167 e. The first-order valence-electron chi connectivity index (χ1n) is 7.98. The summed E-state index contributed by atoms with van der Waals surface area (Å²) in [5, 5.41) is 17.9. The van der Waals surface area contributed by atoms with Crippen molar-refractivity contribution >= 4 is 0 Å². The summed E-state index contributed by atoms with van der Waals surface area (Å²) in [5.41, 5.74) is 1.31. The van der Waals surface area contributed by atoms with Gasteiger partial charge in [-0.15, -0.1) is 0 Å². The highest BCUT2D eigenvalue weighted by Crippen LogP contribution is 2.25. The van der Waals surface area contributed by atoms with E-state index in [1.54, 1.807) is 26.0 Å². The Morgan fingerprint density at radius 2 is 1.29 bits per heavy atom. The fourth-order valence-electron chi connectivity index (χ4n) is 1.82. The maximum atomic E-state index is 9.27. The molecule has 0 unspecified atom stereocenters. The Balaban J connectivity index is 0.000000648. The van der Waals surface area contributed by atoms with Crippen LogP contribution in [-0.4, -0.2) is 15.8 Å². The number of aliphatic hydroxyl groups is 1. The van der Waals surface area contributed by atoms with E-state index in [0.717, 1.165) is 17.0 Å². The minimum absolute atomic E-state index is 0.248. The molecule has 0 saturated heterocycles. The van der Waals surface area contributed by atoms with Gasteiger partial charge in [0.15, 0.2) is 5.60 Å². The van der Waals surface area contributed by atoms with Gasteiger partial charge in [0.25, 0.3) is 0 Å². The standard InChI is InChI=1S/C17H16O3.C4H10/c1-17(2,11-12-18)20-16-9-5-14(6-10-16)13-3-7-15(19)8-4-13;1-4(2)3/h3-10,18-19H,1-2H3;4H,1-3H3. The van der Waals surface area contributed by atoms with Crippen LogP contribution in [0.25, 0.3) is 11.1 Å². The first-order valence-corrected chi connectivity index (χ1v) is 7.98. The molecule has 3 heteroatoms. The molecular weight excluding hydrogens is 300 g/mol. The molecule has 0 amide bonds. The Labute approximate surface area is 144 Å². The Hall–Kier alpha value is -2.60. The van der Waals surface area contributed by atoms with Gasteiger partial charge in [-0.2, -0.15) is 0 Å². The number of rotatable bonds is 3. The second-order valence-corrected chi connectivity index (χ2v) is 6.65. The van der Waals surface area contributed by atoms with Crippen LogP contribution in [0.3, 0.4) is 0 Å². The molecule has 0 aliphatic carbocycles. The third-order valence-corrected chi connectivity index (χ3v) is 2.78. The van der Waals surface area contributed by atoms with Gasteiger partial charge in [-0.05, 0) is 61.1 Å². The molecule has 0 spiro atoms. The average Bonchev–Trinajstić information content (AvgIpc) is 2.48. The van der Waals surface area contributed by atoms with Gasteiger partial charge in [-0.25, -0.2) is 0 Å². The van der Waals surface area contributed by atoms with Gasteiger partial charge in [-0.3, -0.25) is 0 Å². The minimum atomic E-state index is -0.741. The summed E-state index contributed by atoms with van der Waals surface area (Å²) in [6, 6.07) is 14.6. The second-order valence-electron chi connectivity index (χ2n) is 6.65. The van der Waals surface area contributed by atoms with Crippen LogP contribution in [0, 0.1) is 17.9 Å². The van der Waals surface area contributed by atoms with E-state index in [2.05, 4.69) is 26.7 Å². The van der Waals surface area contributed by atoms with Gasteiger partial charge in [0.2, 0.25) is 0 Å². The third-order valence-electron chi connectivity index (χ3n) is 2.78. The Bertz CT molecular complexity index is 669. The van der Waals surface area contributed by atoms with Gasteiger partial charge in [-0.1, -0.05) is 45.0 Å². The first-order chi connectivity index (χ1) is 11.2. The van der Waals surface area contributed by atoms with E-state index in [4.69, 9.17) is 9.84 Å². The molecule has 2 rings (SSSR count). The number of ether oxygens (including phenoxy) is 1. The maximum Gasteiger partial charge on any atom is 0.167 e. The quantitative estimate of drug-likeness (QED) is 0.761. The fourth-order valence-corrected chi connectivity index (χ4v) is 1.82. The average molecular weight is 326 g/mol. The molecule has 3 nitrogen and oxygen atoms in total. The van der Waals surface area contributed by atoms with Gasteiger partial charge < -0.3 is 14.9 Å². The van der Waals surface area contributed by atoms with Crippen LogP contribution in [0.2, 0.25) is 0 Å². The minimum Gasteiger partial charge on any atom is -0.508 e. The number of aliphatic hydroxyl groups excluding tert-OH is 1. The monoisotopic (exact) mass is 326 g/mol. The number of hydrogen-bond donors (Lipinski definition) is 2. The molecule has 0 bridgehead atoms. The normalized spacial score (nSPS) is 10.2. The second kappa shape index (κ2) is 8.88. The SMILES string of the molecule is CC(C)(C#CO)Oc1ccc(-c2ccc(O)cc2)cc1.CC(C)C. The van der Waals surface area contributed by atoms with Crippen molar-refractivity contribution in [2.24, 2.45) is 5.92 Å². The van der Waals surface area contributed by atoms with Crippen LogP contribution in [0.15, 0.2) is 48.5 Å². The number of benzene rings is 2. The lowest BCUT2D eigenvalue weighted by Crippen LogP contribution is -2.25. The van der Waals surface area contributed by atoms with Gasteiger partial charge in [0.1, 0.15) is 17.6 Å². The Morgan fingerprint density at radius 1 is 0.875 bits per heavy atom. The summed E-state index contributed by atoms with van der Waals surface area (Å²) in [6.07, 6.45) is 1.87. The molecule has 128 valence electrons. The lowest BCUT2D eigenvalue weighted by molar-refractivity contribution is 0.171. The number of phenolic OH excluding ortho intramolecular Hbond substituents is 1. The lowest BCUT2D eigenvalue weighted by Gasteiger charge is -2.20. The van der Waals surface area contributed by atoms with Crippen molar-refractivity contribution < 1.29 is 14.9 Å². The highest BCUT2D eigenvalue weighted by atomic mass is 16.5. The summed E-state index contributed by atoms with van der Waals surface area (Å²) < 4.78 is 5.68. The highest BCUT2D eigenvalue weighted by molar-refractivity contribution is 5.64. The summed E-state index contributed by atoms with van der Waals surface area (Å²) in [5.74, 6) is 4.34. The number of aromatic hydroxyl groups is 1. The number of hydrogen-bond acceptors (Lipinski definition) is 3. The topological polar surface area (TPSA) is 49.7 Å². The van der Waals surface area contributed by atoms with Crippen LogP contribution >= 0.6 is 0 Å². The van der Waals surface area contributed by atoms with Crippen molar-refractivity contribution in [3.05, 3.63) is 48.5 Å². The predicted octanol–water partition coefficient (Wildman–Crippen LogP) is 5.21. The largest absolute Gasteiger partial charge is 0.508 e. The van der Waals surface area contributed by atoms with Crippen molar-refractivity contribution in [1.29, 1.82) is 0 Å². The molecule has 2 aromatic rings. The van der Waals surface area contributed by atoms with Crippen LogP contribution in [-0.2, 0) is 0 Å². The molecule has 0 fully saturated rings. The molecule has 0 aromatic heterocycles. The lowest BCUT2D eigenvalue weighted by atomic mass is 10.1. The molecule has 0 aliphatic rings. The predicted molar refractivity (Wildman–Crippen MR) is 98.5 cm³/mol. The molecule has 2 N–H and O–H groups in total. The molecule has 24 heavy (non-hydrogen) atoms. The molecule has 2 aromatic carbocycles. The molecular formula is C21H26O3. The van der Waals surface area contributed by atoms with E-state index in [1.807, 2.05) is 42.5 Å². The van der Waals surface area contributed by atoms with Crippen LogP contribution in [0.1, 0.15) is 34.6 Å². The van der Waals surface area contributed by atoms with Crippen LogP contribution in [0.5, 0.6) is 11.5 Å². The fraction of sp³-hybridized carbons (Fsp3) is 0.333. The van der Waals surface area contributed by atoms with Crippen LogP contribution in [0.4, 0.5) is 0 Å². The molecule has 0 atom stereocenters. The zero-order valence-corrected chi connectivity index (χ0v) is 15.0. The van der Waals surface area contributed by atoms with E-state index in [9.17, 15) is 5.11 Å². The summed E-state index contributed by atoms with van der Waals surface area (Å²) in [6.45, 7) is 10.1. The van der Waals surface area contributed by atoms with Crippen molar-refractivity contribution in [1.82, 2.24) is 0 Å². The Kier molecular flexibility index (Phi) is 7.20. The van der Waals surface area contributed by atoms with Crippen molar-refractivity contribution in [2.45, 2.75) is 40.2 Å². The molecule has 0 heterocycles. The van der Waals surface area contributed by atoms with Gasteiger partial charge in [0.05, 0.1) is 0 Å². The van der Waals surface area contributed by atoms with E-state index in [-0.39, 0.29) is 5.75 Å². The zero-order valence-electron chi connectivity index (χ0n) is 15.0. The molecule has 0 radical (unpaired) electrons. The summed E-state index contributed by atoms with van der Waals surface area (Å²) in [4.78, 5) is 0. The van der Waals surface area contributed by atoms with E-state index < -0.39 is 5.60 Å². The zero-order chi connectivity index (χ0) is 18.2. The number of phenols is 1. The summed E-state index contributed by atoms with van der Waals surface area (Å²) >= 11 is 0. The summed E-state index contributed by atoms with van der Waals surface area (Å²) in [7, 11) is 0. The van der Waals surface area contributed by atoms with Crippen molar-refractivity contribution in [2.75, 3.05) is 0 Å².